The summed E-state index contributed by atoms with van der Waals surface area (Å²) in [6, 6.07) is 3.47. The summed E-state index contributed by atoms with van der Waals surface area (Å²) in [5.74, 6) is 4.22. The van der Waals surface area contributed by atoms with Crippen LogP contribution < -0.4 is 5.49 Å². The van der Waals surface area contributed by atoms with E-state index < -0.39 is 5.83 Å². The lowest BCUT2D eigenvalue weighted by molar-refractivity contribution is 0.233. The highest BCUT2D eigenvalue weighted by Gasteiger charge is 2.27. The van der Waals surface area contributed by atoms with Crippen LogP contribution in [-0.2, 0) is 4.74 Å². The van der Waals surface area contributed by atoms with Crippen molar-refractivity contribution < 1.29 is 9.13 Å². The number of hydrogen-bond acceptors (Lipinski definition) is 3. The van der Waals surface area contributed by atoms with Crippen LogP contribution in [0.5, 0.6) is 0 Å². The fourth-order valence-electron chi connectivity index (χ4n) is 2.18. The minimum absolute atomic E-state index is 0.00883. The van der Waals surface area contributed by atoms with Crippen molar-refractivity contribution in [3.05, 3.63) is 47.9 Å². The largest absolute Gasteiger partial charge is 0.475 e. The minimum Gasteiger partial charge on any atom is -0.475 e. The number of hydrogen-bond donors (Lipinski definition) is 1. The number of aromatic nitrogens is 1. The zero-order valence-electron chi connectivity index (χ0n) is 16.8. The van der Waals surface area contributed by atoms with Gasteiger partial charge in [0.25, 0.3) is 0 Å². The van der Waals surface area contributed by atoms with E-state index in [4.69, 9.17) is 10.1 Å². The molecule has 1 atom stereocenters. The van der Waals surface area contributed by atoms with E-state index in [1.54, 1.807) is 12.3 Å². The highest BCUT2D eigenvalue weighted by molar-refractivity contribution is 8.13. The summed E-state index contributed by atoms with van der Waals surface area (Å²) in [4.78, 5) is 0. The lowest BCUT2D eigenvalue weighted by atomic mass is 10.00. The van der Waals surface area contributed by atoms with E-state index in [9.17, 15) is 4.39 Å². The summed E-state index contributed by atoms with van der Waals surface area (Å²) < 4.78 is 23.5. The predicted octanol–water partition coefficient (Wildman–Crippen LogP) is 4.56. The molecule has 0 saturated heterocycles. The average Bonchev–Trinajstić information content (AvgIpc) is 2.57. The molecule has 0 fully saturated rings. The van der Waals surface area contributed by atoms with Crippen molar-refractivity contribution in [1.29, 1.82) is 5.41 Å². The van der Waals surface area contributed by atoms with Crippen molar-refractivity contribution in [1.82, 2.24) is 8.87 Å². The van der Waals surface area contributed by atoms with Crippen LogP contribution in [0.25, 0.3) is 5.88 Å². The molecule has 1 aromatic heterocycles. The predicted molar refractivity (Wildman–Crippen MR) is 112 cm³/mol. The Bertz CT molecular complexity index is 750. The summed E-state index contributed by atoms with van der Waals surface area (Å²) in [5, 5.41) is 8.06. The summed E-state index contributed by atoms with van der Waals surface area (Å²) in [5.41, 5.74) is 1.09. The maximum atomic E-state index is 14.2. The summed E-state index contributed by atoms with van der Waals surface area (Å²) in [6.45, 7) is 15.1. The number of aryl methyl sites for hydroxylation is 1. The molecular weight excluding hydrogens is 349 g/mol. The van der Waals surface area contributed by atoms with E-state index in [-0.39, 0.29) is 26.8 Å². The smallest absolute Gasteiger partial charge is 0.236 e. The maximum absolute atomic E-state index is 14.2. The topological polar surface area (TPSA) is 41.2 Å². The molecule has 1 rings (SSSR count). The van der Waals surface area contributed by atoms with Gasteiger partial charge in [0.2, 0.25) is 5.88 Å². The highest BCUT2D eigenvalue weighted by Crippen LogP contribution is 2.38. The number of likely N-dealkylation sites (N-methyl/N-ethyl adjacent to an activating group) is 1. The molecule has 26 heavy (non-hydrogen) atoms. The van der Waals surface area contributed by atoms with Gasteiger partial charge in [0.15, 0.2) is 5.83 Å². The van der Waals surface area contributed by atoms with E-state index in [1.165, 1.54) is 4.57 Å². The van der Waals surface area contributed by atoms with Crippen molar-refractivity contribution in [2.45, 2.75) is 39.4 Å². The molecule has 6 heteroatoms. The lowest BCUT2D eigenvalue weighted by Gasteiger charge is -2.37. The van der Waals surface area contributed by atoms with Gasteiger partial charge in [-0.15, -0.1) is 10.7 Å². The molecule has 0 aliphatic heterocycles. The molecule has 1 aromatic rings. The van der Waals surface area contributed by atoms with Crippen LogP contribution in [-0.4, -0.2) is 39.7 Å². The molecule has 0 amide bonds. The zero-order chi connectivity index (χ0) is 20.1. The van der Waals surface area contributed by atoms with Crippen molar-refractivity contribution in [3.63, 3.8) is 0 Å². The first-order chi connectivity index (χ1) is 12.0. The number of rotatable bonds is 9. The Morgan fingerprint density at radius 3 is 2.62 bits per heavy atom. The van der Waals surface area contributed by atoms with Gasteiger partial charge in [0.1, 0.15) is 12.1 Å². The molecule has 0 bridgehead atoms. The van der Waals surface area contributed by atoms with Gasteiger partial charge in [0.05, 0.1) is 0 Å². The second kappa shape index (κ2) is 9.33. The average molecular weight is 382 g/mol. The quantitative estimate of drug-likeness (QED) is 0.387. The van der Waals surface area contributed by atoms with Gasteiger partial charge in [-0.2, -0.15) is 0 Å². The Morgan fingerprint density at radius 2 is 2.12 bits per heavy atom. The summed E-state index contributed by atoms with van der Waals surface area (Å²) >= 11 is 0. The Morgan fingerprint density at radius 1 is 1.50 bits per heavy atom. The van der Waals surface area contributed by atoms with Crippen LogP contribution in [0.2, 0.25) is 0 Å². The molecule has 1 heterocycles. The third-order valence-corrected chi connectivity index (χ3v) is 7.35. The second-order valence-electron chi connectivity index (χ2n) is 7.14. The van der Waals surface area contributed by atoms with Crippen molar-refractivity contribution in [2.75, 3.05) is 20.2 Å². The number of pyridine rings is 1. The Labute approximate surface area is 159 Å². The molecule has 0 spiro atoms. The Balaban J connectivity index is 2.89. The van der Waals surface area contributed by atoms with Crippen LogP contribution in [0.3, 0.4) is 0 Å². The van der Waals surface area contributed by atoms with Crippen LogP contribution in [0.4, 0.5) is 4.39 Å². The third kappa shape index (κ3) is 5.42. The fourth-order valence-corrected chi connectivity index (χ4v) is 3.82. The van der Waals surface area contributed by atoms with Crippen LogP contribution in [0, 0.1) is 18.3 Å². The van der Waals surface area contributed by atoms with Gasteiger partial charge in [-0.25, -0.2) is 4.39 Å². The number of halogens is 1. The molecule has 0 aliphatic rings. The fraction of sp³-hybridized carbons (Fsp3) is 0.500. The molecule has 0 saturated carbocycles. The first kappa shape index (κ1) is 22.4. The second-order valence-corrected chi connectivity index (χ2v) is 9.54. The first-order valence-electron chi connectivity index (χ1n) is 8.67. The van der Waals surface area contributed by atoms with E-state index in [0.717, 1.165) is 11.6 Å². The third-order valence-electron chi connectivity index (χ3n) is 4.73. The van der Waals surface area contributed by atoms with E-state index in [0.29, 0.717) is 19.1 Å². The number of nitrogens with zero attached hydrogens (tertiary/aromatic N) is 2. The molecule has 4 nitrogen and oxygen atoms in total. The first-order valence-corrected chi connectivity index (χ1v) is 10.0. The van der Waals surface area contributed by atoms with Crippen molar-refractivity contribution in [2.24, 2.45) is 5.92 Å². The lowest BCUT2D eigenvalue weighted by Crippen LogP contribution is -2.32. The van der Waals surface area contributed by atoms with Gasteiger partial charge in [0, 0.05) is 17.5 Å². The van der Waals surface area contributed by atoms with Crippen molar-refractivity contribution >= 4 is 22.4 Å². The van der Waals surface area contributed by atoms with Crippen LogP contribution in [0.1, 0.15) is 33.3 Å². The molecule has 0 aromatic carbocycles. The Hall–Kier alpha value is -1.66. The van der Waals surface area contributed by atoms with Gasteiger partial charge < -0.3 is 4.74 Å². The monoisotopic (exact) mass is 381 g/mol. The van der Waals surface area contributed by atoms with E-state index in [2.05, 4.69) is 44.4 Å². The summed E-state index contributed by atoms with van der Waals surface area (Å²) in [7, 11) is 1.80. The van der Waals surface area contributed by atoms with Gasteiger partial charge in [-0.05, 0) is 57.5 Å². The maximum Gasteiger partial charge on any atom is 0.236 e. The summed E-state index contributed by atoms with van der Waals surface area (Å²) in [6.07, 6.45) is 2.73. The van der Waals surface area contributed by atoms with E-state index >= 15 is 0 Å². The number of allylic oxidation sites excluding steroid dienone is 2. The molecule has 0 radical (unpaired) electrons. The zero-order valence-corrected chi connectivity index (χ0v) is 17.6. The SMILES string of the molecule is C=C/C(F)=C(\OCCN(C)S(=C)C(C)(C)C(C)C)n1ccc(C)cc1=N. The molecule has 0 aliphatic carbocycles. The highest BCUT2D eigenvalue weighted by atomic mass is 32.2. The van der Waals surface area contributed by atoms with Gasteiger partial charge in [-0.1, -0.05) is 26.3 Å². The molecule has 1 unspecified atom stereocenters. The van der Waals surface area contributed by atoms with Crippen LogP contribution >= 0.6 is 10.7 Å². The van der Waals surface area contributed by atoms with Gasteiger partial charge in [-0.3, -0.25) is 14.3 Å². The van der Waals surface area contributed by atoms with Gasteiger partial charge >= 0.3 is 0 Å². The van der Waals surface area contributed by atoms with Crippen LogP contribution in [0.15, 0.2) is 36.8 Å². The number of ether oxygens (including phenoxy) is 1. The van der Waals surface area contributed by atoms with Crippen molar-refractivity contribution in [3.8, 4) is 0 Å². The standard InChI is InChI=1S/C20H32FN3OS/c1-9-17(21)19(24-11-10-16(4)14-18(24)22)25-13-12-23(7)26(8)20(5,6)15(2)3/h9-11,14-15,22H,1,8,12-13H2,2-7H3/b19-17+,22-18?. The minimum atomic E-state index is -0.592. The molecule has 146 valence electrons. The Kier molecular flexibility index (Phi) is 8.03. The van der Waals surface area contributed by atoms with E-state index in [1.807, 2.05) is 20.0 Å². The normalized spacial score (nSPS) is 14.3. The molecular formula is C20H32FN3OS. The number of nitrogens with one attached hydrogen (secondary N) is 1. The molecule has 1 N–H and O–H groups in total.